The van der Waals surface area contributed by atoms with Crippen LogP contribution in [-0.4, -0.2) is 347 Å². The summed E-state index contributed by atoms with van der Waals surface area (Å²) < 4.78 is 16.7. The van der Waals surface area contributed by atoms with Gasteiger partial charge in [-0.1, -0.05) is 68.3 Å². The Bertz CT molecular complexity index is 3710. The van der Waals surface area contributed by atoms with Gasteiger partial charge in [-0.3, -0.25) is 86.6 Å². The quantitative estimate of drug-likeness (QED) is 0.0337. The normalized spacial score (nSPS) is 19.4. The number of aliphatic carboxylic acids is 5. The van der Waals surface area contributed by atoms with E-state index in [9.17, 15) is 97.1 Å². The van der Waals surface area contributed by atoms with Gasteiger partial charge in [0.2, 0.25) is 65.0 Å². The Morgan fingerprint density at radius 3 is 1.62 bits per heavy atom. The number of primary amides is 1. The molecule has 0 saturated carbocycles. The summed E-state index contributed by atoms with van der Waals surface area (Å²) in [6.07, 6.45) is 1.88. The average Bonchev–Trinajstić information content (AvgIpc) is 1.66. The zero-order valence-corrected chi connectivity index (χ0v) is 71.2. The molecule has 0 aliphatic carbocycles. The number of nitrogens with zero attached hydrogens (tertiary/aromatic N) is 5. The van der Waals surface area contributed by atoms with E-state index in [1.807, 2.05) is 25.1 Å². The van der Waals surface area contributed by atoms with Crippen LogP contribution in [0.4, 0.5) is 0 Å². The molecule has 0 aromatic heterocycles. The number of fused-ring (bicyclic) bond motifs is 4. The van der Waals surface area contributed by atoms with Gasteiger partial charge in [0.05, 0.1) is 65.3 Å². The first-order valence-corrected chi connectivity index (χ1v) is 44.1. The van der Waals surface area contributed by atoms with Crippen molar-refractivity contribution in [3.8, 4) is 0 Å². The summed E-state index contributed by atoms with van der Waals surface area (Å²) in [5, 5.41) is 80.1. The van der Waals surface area contributed by atoms with Gasteiger partial charge in [-0.15, -0.1) is 0 Å². The van der Waals surface area contributed by atoms with Crippen LogP contribution in [0.3, 0.4) is 0 Å². The molecule has 8 atom stereocenters. The highest BCUT2D eigenvalue weighted by Gasteiger charge is 2.45. The van der Waals surface area contributed by atoms with E-state index in [0.29, 0.717) is 68.1 Å². The van der Waals surface area contributed by atoms with Crippen LogP contribution >= 0.6 is 35.3 Å². The third-order valence-electron chi connectivity index (χ3n) is 19.4. The van der Waals surface area contributed by atoms with E-state index in [2.05, 4.69) is 42.5 Å². The standard InChI is InChI=1S/C79H120N14O25S3/c1-3-4-6-17-66(98)84-59-50-120-48-55-38-54(47-119-37-24-83-65(97)21-20-64(96)81-22-11-31-116-33-35-118-36-34-117-32-12-23-82-67(99)42-90(44-69(102)103)29-27-89(43-68(100)101)28-30-91(45-70(104)105)46-71(106)107)39-56(40-55)49-121-51-60(79(114)115)87-74(109)58(41-53-13-7-5-8-14-53)86-73(108)57(18-19-63(80)95)85-76(111)72(52(2)94)88-75(110)61-15-9-25-92(61)78(113)62-16-10-26-93(62)77(59)112/h5,7-8,13-14,38-40,52,57-62,72,94H,3-4,6,9-12,15-37,41-51H2,1-2H3,(H2,80,95)(H,81,96)(H,82,99)(H,83,97)(H,84,98)(H,85,111)(H,86,108)(H,87,109)(H,88,110)(H,100,101)(H,102,103)(H,104,105)(H,106,107)(H,114,115)/t52-,57+,58+,59+,60+,61+,62+,72+/m1/s1. The molecule has 3 aliphatic heterocycles. The van der Waals surface area contributed by atoms with Crippen molar-refractivity contribution in [2.45, 2.75) is 176 Å². The fourth-order valence-electron chi connectivity index (χ4n) is 13.4. The van der Waals surface area contributed by atoms with Crippen LogP contribution < -0.4 is 48.3 Å². The fourth-order valence-corrected chi connectivity index (χ4v) is 16.1. The molecule has 3 heterocycles. The number of carbonyl (C=O) groups is 16. The molecular weight excluding hydrogens is 1640 g/mol. The molecule has 2 bridgehead atoms. The fraction of sp³-hybridized carbons (Fsp3) is 0.646. The molecule has 39 nitrogen and oxygen atoms in total. The predicted octanol–water partition coefficient (Wildman–Crippen LogP) is -1.44. The second kappa shape index (κ2) is 57.2. The second-order valence-corrected chi connectivity index (χ2v) is 32.7. The third-order valence-corrected chi connectivity index (χ3v) is 22.7. The van der Waals surface area contributed by atoms with Crippen LogP contribution in [0.25, 0.3) is 0 Å². The summed E-state index contributed by atoms with van der Waals surface area (Å²) in [4.78, 5) is 216. The lowest BCUT2D eigenvalue weighted by Gasteiger charge is -2.33. The SMILES string of the molecule is CCCCCC(=O)N[C@H]1CSCc2cc(CSCCNC(=O)CCC(=O)NCCCOCCOCCOCCCNC(=O)CN(CCN(CCN(CC(=O)O)CC(=O)O)CC(=O)O)CC(=O)O)cc(c2)CSC[C@@H](C(=O)O)NC(=O)[C@H](Cc2ccccc2)NC(=O)[C@H](CCC(N)=O)NC(=O)[C@H]([C@@H](C)O)NC(=O)[C@@H]2CCCN2C(=O)[C@@H]2CCCN2C1=O. The lowest BCUT2D eigenvalue weighted by Crippen LogP contribution is -2.61. The molecule has 3 aliphatic rings. The van der Waals surface area contributed by atoms with Crippen LogP contribution in [0.1, 0.15) is 126 Å². The number of hydrogen-bond acceptors (Lipinski definition) is 26. The Morgan fingerprint density at radius 2 is 1.06 bits per heavy atom. The van der Waals surface area contributed by atoms with Crippen molar-refractivity contribution < 1.29 is 122 Å². The maximum atomic E-state index is 14.9. The average molecular weight is 1760 g/mol. The number of rotatable bonds is 50. The molecular formula is C79H120N14O25S3. The molecule has 2 aromatic carbocycles. The number of aliphatic hydroxyl groups excluding tert-OH is 1. The molecule has 11 amide bonds. The molecule has 42 heteroatoms. The van der Waals surface area contributed by atoms with E-state index in [-0.39, 0.29) is 165 Å². The predicted molar refractivity (Wildman–Crippen MR) is 446 cm³/mol. The first-order chi connectivity index (χ1) is 57.9. The van der Waals surface area contributed by atoms with Gasteiger partial charge in [0.25, 0.3) is 0 Å². The van der Waals surface area contributed by atoms with Crippen molar-refractivity contribution in [1.29, 1.82) is 0 Å². The van der Waals surface area contributed by atoms with Crippen LogP contribution in [0.15, 0.2) is 48.5 Å². The van der Waals surface area contributed by atoms with Crippen LogP contribution in [0, 0.1) is 0 Å². The summed E-state index contributed by atoms with van der Waals surface area (Å²) in [7, 11) is 0. The Hall–Kier alpha value is -9.27. The molecule has 0 radical (unpaired) electrons. The van der Waals surface area contributed by atoms with Crippen molar-refractivity contribution in [3.05, 3.63) is 70.8 Å². The van der Waals surface area contributed by atoms with Gasteiger partial charge >= 0.3 is 29.8 Å². The van der Waals surface area contributed by atoms with E-state index in [4.69, 9.17) is 30.2 Å². The second-order valence-electron chi connectivity index (χ2n) is 29.5. The van der Waals surface area contributed by atoms with E-state index in [1.54, 1.807) is 30.3 Å². The molecule has 2 saturated heterocycles. The number of aliphatic hydroxyl groups is 1. The molecule has 2 fully saturated rings. The van der Waals surface area contributed by atoms with Gasteiger partial charge in [0, 0.05) is 139 Å². The number of benzene rings is 2. The topological polar surface area (TPSA) is 561 Å². The third kappa shape index (κ3) is 41.4. The van der Waals surface area contributed by atoms with E-state index < -0.39 is 165 Å². The number of hydrogen-bond donors (Lipinski definition) is 15. The highest BCUT2D eigenvalue weighted by atomic mass is 32.2. The number of nitrogens with two attached hydrogens (primary N) is 1. The summed E-state index contributed by atoms with van der Waals surface area (Å²) >= 11 is 4.10. The summed E-state index contributed by atoms with van der Waals surface area (Å²) in [5.41, 5.74) is 8.54. The smallest absolute Gasteiger partial charge is 0.327 e. The van der Waals surface area contributed by atoms with Crippen molar-refractivity contribution in [3.63, 3.8) is 0 Å². The van der Waals surface area contributed by atoms with E-state index in [0.717, 1.165) is 34.4 Å². The first-order valence-electron chi connectivity index (χ1n) is 40.7. The van der Waals surface area contributed by atoms with Crippen molar-refractivity contribution in [2.24, 2.45) is 5.73 Å². The van der Waals surface area contributed by atoms with Gasteiger partial charge in [-0.05, 0) is 80.5 Å². The number of amides is 11. The Kier molecular flexibility index (Phi) is 48.3. The zero-order chi connectivity index (χ0) is 88.6. The molecule has 0 unspecified atom stereocenters. The van der Waals surface area contributed by atoms with Crippen molar-refractivity contribution in [1.82, 2.24) is 67.0 Å². The van der Waals surface area contributed by atoms with Gasteiger partial charge in [0.15, 0.2) is 0 Å². The molecule has 16 N–H and O–H groups in total. The van der Waals surface area contributed by atoms with Crippen molar-refractivity contribution >= 4 is 130 Å². The Morgan fingerprint density at radius 1 is 0.545 bits per heavy atom. The largest absolute Gasteiger partial charge is 0.480 e. The number of nitrogens with one attached hydrogen (secondary N) is 8. The Balaban J connectivity index is 1.12. The van der Waals surface area contributed by atoms with Gasteiger partial charge in [-0.2, -0.15) is 35.3 Å². The van der Waals surface area contributed by atoms with Crippen LogP contribution in [0.2, 0.25) is 0 Å². The maximum absolute atomic E-state index is 14.9. The first kappa shape index (κ1) is 102. The van der Waals surface area contributed by atoms with Crippen molar-refractivity contribution in [2.75, 3.05) is 149 Å². The van der Waals surface area contributed by atoms with Gasteiger partial charge in [0.1, 0.15) is 42.3 Å². The minimum atomic E-state index is -1.72. The molecule has 2 aromatic rings. The zero-order valence-electron chi connectivity index (χ0n) is 68.7. The van der Waals surface area contributed by atoms with Crippen LogP contribution in [-0.2, 0) is 115 Å². The number of carboxylic acid groups (broad SMARTS) is 5. The number of carbonyl (C=O) groups excluding carboxylic acids is 11. The minimum absolute atomic E-state index is 0.0111. The Labute approximate surface area is 716 Å². The highest BCUT2D eigenvalue weighted by molar-refractivity contribution is 7.99. The summed E-state index contributed by atoms with van der Waals surface area (Å²) in [6, 6.07) is 4.90. The molecule has 121 heavy (non-hydrogen) atoms. The number of ether oxygens (including phenoxy) is 3. The molecule has 5 rings (SSSR count). The minimum Gasteiger partial charge on any atom is -0.480 e. The van der Waals surface area contributed by atoms with E-state index in [1.165, 1.54) is 61.8 Å². The van der Waals surface area contributed by atoms with Gasteiger partial charge in [-0.25, -0.2) is 4.79 Å². The van der Waals surface area contributed by atoms with Crippen LogP contribution in [0.5, 0.6) is 0 Å². The monoisotopic (exact) mass is 1760 g/mol. The highest BCUT2D eigenvalue weighted by Crippen LogP contribution is 2.29. The van der Waals surface area contributed by atoms with E-state index >= 15 is 0 Å². The number of carboxylic acids is 5. The number of unbranched alkanes of at least 4 members (excludes halogenated alkanes) is 2. The molecule has 0 spiro atoms. The van der Waals surface area contributed by atoms with Gasteiger partial charge < -0.3 is 103 Å². The molecule has 674 valence electrons. The lowest BCUT2D eigenvalue weighted by molar-refractivity contribution is -0.148. The lowest BCUT2D eigenvalue weighted by atomic mass is 10.0. The summed E-state index contributed by atoms with van der Waals surface area (Å²) in [5.74, 6) is -11.9. The maximum Gasteiger partial charge on any atom is 0.327 e. The summed E-state index contributed by atoms with van der Waals surface area (Å²) in [6.45, 7) is 3.34. The number of thioether (sulfide) groups is 3.